The quantitative estimate of drug-likeness (QED) is 0.867. The Kier molecular flexibility index (Phi) is 4.01. The molecule has 100 valence electrons. The first-order valence-corrected chi connectivity index (χ1v) is 6.64. The van der Waals surface area contributed by atoms with Crippen LogP contribution in [-0.4, -0.2) is 48.1 Å². The third-order valence-corrected chi connectivity index (χ3v) is 3.65. The van der Waals surface area contributed by atoms with Gasteiger partial charge in [0.1, 0.15) is 18.0 Å². The number of hydrogen-bond donors (Lipinski definition) is 1. The summed E-state index contributed by atoms with van der Waals surface area (Å²) < 4.78 is 0. The molecule has 0 radical (unpaired) electrons. The monoisotopic (exact) mass is 249 g/mol. The summed E-state index contributed by atoms with van der Waals surface area (Å²) in [4.78, 5) is 13.2. The SMILES string of the molecule is CCCc1c(N)ncnc1N1CCC(N(C)C)C1. The first kappa shape index (κ1) is 13.1. The number of rotatable bonds is 4. The van der Waals surface area contributed by atoms with Crippen molar-refractivity contribution < 1.29 is 0 Å². The zero-order chi connectivity index (χ0) is 13.1. The summed E-state index contributed by atoms with van der Waals surface area (Å²) >= 11 is 0. The van der Waals surface area contributed by atoms with Gasteiger partial charge in [-0.05, 0) is 26.9 Å². The van der Waals surface area contributed by atoms with E-state index < -0.39 is 0 Å². The van der Waals surface area contributed by atoms with Crippen molar-refractivity contribution in [2.45, 2.75) is 32.2 Å². The number of anilines is 2. The molecule has 1 aromatic rings. The number of hydrogen-bond acceptors (Lipinski definition) is 5. The third-order valence-electron chi connectivity index (χ3n) is 3.65. The van der Waals surface area contributed by atoms with E-state index in [-0.39, 0.29) is 0 Å². The summed E-state index contributed by atoms with van der Waals surface area (Å²) in [6.45, 7) is 4.24. The van der Waals surface area contributed by atoms with Crippen LogP contribution in [0.3, 0.4) is 0 Å². The van der Waals surface area contributed by atoms with Crippen LogP contribution >= 0.6 is 0 Å². The summed E-state index contributed by atoms with van der Waals surface area (Å²) in [5.41, 5.74) is 7.09. The highest BCUT2D eigenvalue weighted by Gasteiger charge is 2.26. The Hall–Kier alpha value is -1.36. The van der Waals surface area contributed by atoms with E-state index in [9.17, 15) is 0 Å². The van der Waals surface area contributed by atoms with Crippen molar-refractivity contribution in [3.8, 4) is 0 Å². The van der Waals surface area contributed by atoms with Crippen LogP contribution in [0.15, 0.2) is 6.33 Å². The van der Waals surface area contributed by atoms with Gasteiger partial charge in [-0.2, -0.15) is 0 Å². The lowest BCUT2D eigenvalue weighted by Crippen LogP contribution is -2.32. The van der Waals surface area contributed by atoms with Crippen molar-refractivity contribution >= 4 is 11.6 Å². The Bertz CT molecular complexity index is 404. The zero-order valence-corrected chi connectivity index (χ0v) is 11.6. The smallest absolute Gasteiger partial charge is 0.137 e. The molecule has 0 bridgehead atoms. The van der Waals surface area contributed by atoms with E-state index in [2.05, 4.69) is 40.8 Å². The minimum absolute atomic E-state index is 0.607. The summed E-state index contributed by atoms with van der Waals surface area (Å²) in [6.07, 6.45) is 4.77. The molecule has 2 rings (SSSR count). The van der Waals surface area contributed by atoms with Crippen LogP contribution in [0.25, 0.3) is 0 Å². The maximum atomic E-state index is 5.98. The van der Waals surface area contributed by atoms with E-state index in [1.807, 2.05) is 0 Å². The fourth-order valence-corrected chi connectivity index (χ4v) is 2.53. The molecule has 1 atom stereocenters. The summed E-state index contributed by atoms with van der Waals surface area (Å²) in [5, 5.41) is 0. The van der Waals surface area contributed by atoms with Crippen LogP contribution in [0, 0.1) is 0 Å². The molecule has 5 nitrogen and oxygen atoms in total. The van der Waals surface area contributed by atoms with Gasteiger partial charge in [-0.25, -0.2) is 9.97 Å². The topological polar surface area (TPSA) is 58.3 Å². The Labute approximate surface area is 109 Å². The number of nitrogens with zero attached hydrogens (tertiary/aromatic N) is 4. The molecule has 2 N–H and O–H groups in total. The average molecular weight is 249 g/mol. The minimum Gasteiger partial charge on any atom is -0.383 e. The van der Waals surface area contributed by atoms with Gasteiger partial charge in [0.05, 0.1) is 0 Å². The van der Waals surface area contributed by atoms with Gasteiger partial charge in [0.15, 0.2) is 0 Å². The average Bonchev–Trinajstić information content (AvgIpc) is 2.81. The molecule has 0 amide bonds. The lowest BCUT2D eigenvalue weighted by Gasteiger charge is -2.23. The second-order valence-electron chi connectivity index (χ2n) is 5.16. The highest BCUT2D eigenvalue weighted by atomic mass is 15.3. The van der Waals surface area contributed by atoms with E-state index in [4.69, 9.17) is 5.73 Å². The van der Waals surface area contributed by atoms with E-state index in [1.165, 1.54) is 6.42 Å². The Morgan fingerprint density at radius 2 is 2.22 bits per heavy atom. The highest BCUT2D eigenvalue weighted by Crippen LogP contribution is 2.27. The van der Waals surface area contributed by atoms with Crippen molar-refractivity contribution in [1.82, 2.24) is 14.9 Å². The molecule has 1 aliphatic rings. The predicted molar refractivity (Wildman–Crippen MR) is 74.7 cm³/mol. The van der Waals surface area contributed by atoms with Crippen LogP contribution in [0.4, 0.5) is 11.6 Å². The largest absolute Gasteiger partial charge is 0.383 e. The minimum atomic E-state index is 0.607. The van der Waals surface area contributed by atoms with E-state index in [0.717, 1.165) is 37.3 Å². The predicted octanol–water partition coefficient (Wildman–Crippen LogP) is 1.15. The molecule has 1 fully saturated rings. The molecule has 5 heteroatoms. The number of nitrogens with two attached hydrogens (primary N) is 1. The lowest BCUT2D eigenvalue weighted by atomic mass is 10.1. The Balaban J connectivity index is 2.21. The van der Waals surface area contributed by atoms with Crippen molar-refractivity contribution in [1.29, 1.82) is 0 Å². The highest BCUT2D eigenvalue weighted by molar-refractivity contribution is 5.57. The fourth-order valence-electron chi connectivity index (χ4n) is 2.53. The Morgan fingerprint density at radius 1 is 1.44 bits per heavy atom. The van der Waals surface area contributed by atoms with Crippen molar-refractivity contribution in [3.63, 3.8) is 0 Å². The van der Waals surface area contributed by atoms with Crippen molar-refractivity contribution in [2.24, 2.45) is 0 Å². The zero-order valence-electron chi connectivity index (χ0n) is 11.6. The van der Waals surface area contributed by atoms with Gasteiger partial charge in [-0.1, -0.05) is 13.3 Å². The molecule has 1 aromatic heterocycles. The van der Waals surface area contributed by atoms with Crippen LogP contribution in [0.5, 0.6) is 0 Å². The van der Waals surface area contributed by atoms with Crippen molar-refractivity contribution in [3.05, 3.63) is 11.9 Å². The maximum absolute atomic E-state index is 5.98. The van der Waals surface area contributed by atoms with Gasteiger partial charge in [0, 0.05) is 24.7 Å². The summed E-state index contributed by atoms with van der Waals surface area (Å²) in [6, 6.07) is 0.607. The van der Waals surface area contributed by atoms with Gasteiger partial charge in [0.2, 0.25) is 0 Å². The second-order valence-corrected chi connectivity index (χ2v) is 5.16. The molecular weight excluding hydrogens is 226 g/mol. The van der Waals surface area contributed by atoms with E-state index in [1.54, 1.807) is 6.33 Å². The molecule has 18 heavy (non-hydrogen) atoms. The van der Waals surface area contributed by atoms with Crippen LogP contribution in [0.1, 0.15) is 25.3 Å². The first-order valence-electron chi connectivity index (χ1n) is 6.64. The van der Waals surface area contributed by atoms with E-state index in [0.29, 0.717) is 11.9 Å². The lowest BCUT2D eigenvalue weighted by molar-refractivity contribution is 0.315. The molecule has 0 aromatic carbocycles. The third kappa shape index (κ3) is 2.56. The molecule has 0 saturated carbocycles. The Morgan fingerprint density at radius 3 is 2.83 bits per heavy atom. The molecule has 2 heterocycles. The van der Waals surface area contributed by atoms with Crippen molar-refractivity contribution in [2.75, 3.05) is 37.8 Å². The number of aromatic nitrogens is 2. The van der Waals surface area contributed by atoms with Crippen LogP contribution in [0.2, 0.25) is 0 Å². The fraction of sp³-hybridized carbons (Fsp3) is 0.692. The molecular formula is C13H23N5. The van der Waals surface area contributed by atoms with Crippen LogP contribution in [-0.2, 0) is 6.42 Å². The molecule has 0 aliphatic carbocycles. The van der Waals surface area contributed by atoms with Gasteiger partial charge in [-0.3, -0.25) is 0 Å². The number of likely N-dealkylation sites (N-methyl/N-ethyl adjacent to an activating group) is 1. The maximum Gasteiger partial charge on any atom is 0.137 e. The van der Waals surface area contributed by atoms with Crippen LogP contribution < -0.4 is 10.6 Å². The number of nitrogen functional groups attached to an aromatic ring is 1. The summed E-state index contributed by atoms with van der Waals surface area (Å²) in [7, 11) is 4.27. The second kappa shape index (κ2) is 5.52. The molecule has 1 aliphatic heterocycles. The standard InChI is InChI=1S/C13H23N5/c1-4-5-11-12(14)15-9-16-13(11)18-7-6-10(8-18)17(2)3/h9-10H,4-8H2,1-3H3,(H2,14,15,16). The van der Waals surface area contributed by atoms with Gasteiger partial charge < -0.3 is 15.5 Å². The molecule has 1 unspecified atom stereocenters. The molecule has 0 spiro atoms. The normalized spacial score (nSPS) is 19.8. The summed E-state index contributed by atoms with van der Waals surface area (Å²) in [5.74, 6) is 1.67. The first-order chi connectivity index (χ1) is 8.63. The molecule has 1 saturated heterocycles. The van der Waals surface area contributed by atoms with Gasteiger partial charge in [-0.15, -0.1) is 0 Å². The van der Waals surface area contributed by atoms with Gasteiger partial charge in [0.25, 0.3) is 0 Å². The van der Waals surface area contributed by atoms with E-state index >= 15 is 0 Å². The van der Waals surface area contributed by atoms with Gasteiger partial charge >= 0.3 is 0 Å².